The number of benzene rings is 2. The average Bonchev–Trinajstić information content (AvgIpc) is 2.97. The second-order valence-corrected chi connectivity index (χ2v) is 8.90. The highest BCUT2D eigenvalue weighted by atomic mass is 16.5. The maximum absolute atomic E-state index is 12.8. The Morgan fingerprint density at radius 3 is 2.18 bits per heavy atom. The number of hydrogen-bond donors (Lipinski definition) is 4. The number of fused-ring (bicyclic) bond motifs is 3. The molecule has 180 valence electrons. The van der Waals surface area contributed by atoms with Crippen LogP contribution in [-0.2, 0) is 14.3 Å². The van der Waals surface area contributed by atoms with Gasteiger partial charge in [-0.3, -0.25) is 4.79 Å². The summed E-state index contributed by atoms with van der Waals surface area (Å²) < 4.78 is 5.64. The molecular formula is C26H30N2O6. The SMILES string of the molecule is O=C(N[C@H]1CCCCC[C@H]1C(=O)NC(CO)C(=O)O)OCC1c2ccccc2-c2ccccc21. The van der Waals surface area contributed by atoms with E-state index in [1.807, 2.05) is 36.4 Å². The van der Waals surface area contributed by atoms with Gasteiger partial charge in [0.15, 0.2) is 0 Å². The summed E-state index contributed by atoms with van der Waals surface area (Å²) in [5.74, 6) is -2.43. The van der Waals surface area contributed by atoms with E-state index in [9.17, 15) is 19.5 Å². The Bertz CT molecular complexity index is 1010. The molecule has 0 aliphatic heterocycles. The van der Waals surface area contributed by atoms with E-state index in [2.05, 4.69) is 22.8 Å². The number of aliphatic hydroxyl groups excluding tert-OH is 1. The molecule has 8 nitrogen and oxygen atoms in total. The van der Waals surface area contributed by atoms with Crippen LogP contribution in [0.3, 0.4) is 0 Å². The van der Waals surface area contributed by atoms with Gasteiger partial charge in [-0.05, 0) is 35.1 Å². The van der Waals surface area contributed by atoms with Crippen LogP contribution in [0.25, 0.3) is 11.1 Å². The molecule has 0 heterocycles. The van der Waals surface area contributed by atoms with Crippen molar-refractivity contribution >= 4 is 18.0 Å². The molecule has 0 radical (unpaired) electrons. The van der Waals surface area contributed by atoms with Gasteiger partial charge in [0.1, 0.15) is 12.6 Å². The molecule has 0 aromatic heterocycles. The molecule has 1 unspecified atom stereocenters. The highest BCUT2D eigenvalue weighted by Crippen LogP contribution is 2.44. The van der Waals surface area contributed by atoms with E-state index in [1.54, 1.807) is 0 Å². The fourth-order valence-electron chi connectivity index (χ4n) is 5.05. The van der Waals surface area contributed by atoms with Gasteiger partial charge in [-0.15, -0.1) is 0 Å². The van der Waals surface area contributed by atoms with Crippen LogP contribution >= 0.6 is 0 Å². The predicted octanol–water partition coefficient (Wildman–Crippen LogP) is 3.04. The molecule has 34 heavy (non-hydrogen) atoms. The molecule has 4 N–H and O–H groups in total. The quantitative estimate of drug-likeness (QED) is 0.465. The van der Waals surface area contributed by atoms with Crippen LogP contribution in [0.1, 0.15) is 49.1 Å². The summed E-state index contributed by atoms with van der Waals surface area (Å²) in [5.41, 5.74) is 4.52. The minimum absolute atomic E-state index is 0.0627. The van der Waals surface area contributed by atoms with Gasteiger partial charge in [-0.2, -0.15) is 0 Å². The van der Waals surface area contributed by atoms with Gasteiger partial charge in [0.25, 0.3) is 0 Å². The van der Waals surface area contributed by atoms with E-state index in [-0.39, 0.29) is 12.5 Å². The van der Waals surface area contributed by atoms with Crippen molar-refractivity contribution in [2.24, 2.45) is 5.92 Å². The lowest BCUT2D eigenvalue weighted by Gasteiger charge is -2.26. The summed E-state index contributed by atoms with van der Waals surface area (Å²) in [7, 11) is 0. The molecular weight excluding hydrogens is 436 g/mol. The van der Waals surface area contributed by atoms with Crippen molar-refractivity contribution < 1.29 is 29.3 Å². The smallest absolute Gasteiger partial charge is 0.407 e. The molecule has 0 bridgehead atoms. The Hall–Kier alpha value is -3.39. The first-order valence-electron chi connectivity index (χ1n) is 11.7. The highest BCUT2D eigenvalue weighted by Gasteiger charge is 2.34. The lowest BCUT2D eigenvalue weighted by molar-refractivity contribution is -0.143. The number of hydrogen-bond acceptors (Lipinski definition) is 5. The number of aliphatic hydroxyl groups is 1. The lowest BCUT2D eigenvalue weighted by Crippen LogP contribution is -2.51. The van der Waals surface area contributed by atoms with Crippen molar-refractivity contribution in [3.63, 3.8) is 0 Å². The number of nitrogens with one attached hydrogen (secondary N) is 2. The van der Waals surface area contributed by atoms with Crippen molar-refractivity contribution in [2.45, 2.75) is 50.1 Å². The van der Waals surface area contributed by atoms with Crippen molar-refractivity contribution in [3.05, 3.63) is 59.7 Å². The first-order valence-corrected chi connectivity index (χ1v) is 11.7. The van der Waals surface area contributed by atoms with Gasteiger partial charge < -0.3 is 25.6 Å². The van der Waals surface area contributed by atoms with E-state index in [0.717, 1.165) is 41.5 Å². The molecule has 2 amide bonds. The van der Waals surface area contributed by atoms with Gasteiger partial charge in [-0.25, -0.2) is 9.59 Å². The maximum atomic E-state index is 12.8. The van der Waals surface area contributed by atoms with Crippen LogP contribution in [0.4, 0.5) is 4.79 Å². The van der Waals surface area contributed by atoms with Gasteiger partial charge in [0, 0.05) is 12.0 Å². The van der Waals surface area contributed by atoms with E-state index >= 15 is 0 Å². The third-order valence-corrected chi connectivity index (χ3v) is 6.80. The Labute approximate surface area is 198 Å². The number of carbonyl (C=O) groups is 3. The Morgan fingerprint density at radius 1 is 0.941 bits per heavy atom. The summed E-state index contributed by atoms with van der Waals surface area (Å²) >= 11 is 0. The van der Waals surface area contributed by atoms with E-state index < -0.39 is 42.6 Å². The van der Waals surface area contributed by atoms with Crippen LogP contribution < -0.4 is 10.6 Å². The number of carboxylic acid groups (broad SMARTS) is 1. The van der Waals surface area contributed by atoms with E-state index in [0.29, 0.717) is 12.8 Å². The van der Waals surface area contributed by atoms with Crippen molar-refractivity contribution in [1.29, 1.82) is 0 Å². The summed E-state index contributed by atoms with van der Waals surface area (Å²) in [6.07, 6.45) is 3.10. The van der Waals surface area contributed by atoms with Gasteiger partial charge in [-0.1, -0.05) is 67.8 Å². The molecule has 1 saturated carbocycles. The topological polar surface area (TPSA) is 125 Å². The van der Waals surface area contributed by atoms with E-state index in [1.165, 1.54) is 0 Å². The van der Waals surface area contributed by atoms with Crippen molar-refractivity contribution in [2.75, 3.05) is 13.2 Å². The highest BCUT2D eigenvalue weighted by molar-refractivity contribution is 5.86. The lowest BCUT2D eigenvalue weighted by atomic mass is 9.93. The Kier molecular flexibility index (Phi) is 7.47. The summed E-state index contributed by atoms with van der Waals surface area (Å²) in [6, 6.07) is 14.3. The number of amides is 2. The van der Waals surface area contributed by atoms with Crippen LogP contribution in [0.15, 0.2) is 48.5 Å². The molecule has 2 aliphatic carbocycles. The zero-order chi connectivity index (χ0) is 24.1. The van der Waals surface area contributed by atoms with Crippen molar-refractivity contribution in [3.8, 4) is 11.1 Å². The fourth-order valence-corrected chi connectivity index (χ4v) is 5.05. The number of alkyl carbamates (subject to hydrolysis) is 1. The number of aliphatic carboxylic acids is 1. The van der Waals surface area contributed by atoms with Gasteiger partial charge in [0.05, 0.1) is 12.5 Å². The monoisotopic (exact) mass is 466 g/mol. The minimum Gasteiger partial charge on any atom is -0.480 e. The minimum atomic E-state index is -1.37. The predicted molar refractivity (Wildman–Crippen MR) is 125 cm³/mol. The third-order valence-electron chi connectivity index (χ3n) is 6.80. The molecule has 2 aromatic carbocycles. The third kappa shape index (κ3) is 5.07. The molecule has 1 fully saturated rings. The molecule has 3 atom stereocenters. The second kappa shape index (κ2) is 10.7. The van der Waals surface area contributed by atoms with Gasteiger partial charge in [0.2, 0.25) is 5.91 Å². The van der Waals surface area contributed by atoms with Gasteiger partial charge >= 0.3 is 12.1 Å². The molecule has 2 aliphatic rings. The number of carboxylic acids is 1. The molecule has 0 spiro atoms. The molecule has 4 rings (SSSR count). The van der Waals surface area contributed by atoms with Crippen LogP contribution in [0.5, 0.6) is 0 Å². The zero-order valence-corrected chi connectivity index (χ0v) is 18.9. The molecule has 8 heteroatoms. The molecule has 0 saturated heterocycles. The number of rotatable bonds is 7. The zero-order valence-electron chi connectivity index (χ0n) is 18.9. The summed E-state index contributed by atoms with van der Waals surface area (Å²) in [4.78, 5) is 36.7. The Morgan fingerprint density at radius 2 is 1.56 bits per heavy atom. The number of ether oxygens (including phenoxy) is 1. The standard InChI is InChI=1S/C26H30N2O6/c29-14-23(25(31)32)27-24(30)20-12-2-1-3-13-22(20)28-26(33)34-15-21-18-10-6-4-8-16(18)17-9-5-7-11-19(17)21/h4-11,20-23,29H,1-3,12-15H2,(H,27,30)(H,28,33)(H,31,32)/t20-,22+,23?/m1/s1. The maximum Gasteiger partial charge on any atom is 0.407 e. The first kappa shape index (κ1) is 23.8. The largest absolute Gasteiger partial charge is 0.480 e. The fraction of sp³-hybridized carbons (Fsp3) is 0.423. The van der Waals surface area contributed by atoms with Crippen LogP contribution in [0, 0.1) is 5.92 Å². The van der Waals surface area contributed by atoms with Crippen LogP contribution in [-0.4, -0.2) is 53.5 Å². The van der Waals surface area contributed by atoms with Crippen LogP contribution in [0.2, 0.25) is 0 Å². The second-order valence-electron chi connectivity index (χ2n) is 8.90. The van der Waals surface area contributed by atoms with E-state index in [4.69, 9.17) is 9.84 Å². The molecule has 2 aromatic rings. The normalized spacial score (nSPS) is 20.4. The Balaban J connectivity index is 1.41. The van der Waals surface area contributed by atoms with Crippen molar-refractivity contribution in [1.82, 2.24) is 10.6 Å². The average molecular weight is 467 g/mol. The number of carbonyl (C=O) groups excluding carboxylic acids is 2. The summed E-state index contributed by atoms with van der Waals surface area (Å²) in [5, 5.41) is 23.6. The summed E-state index contributed by atoms with van der Waals surface area (Å²) in [6.45, 7) is -0.521. The first-order chi connectivity index (χ1) is 16.5.